The molecule has 0 amide bonds. The van der Waals surface area contributed by atoms with Gasteiger partial charge in [-0.25, -0.2) is 13.0 Å². The first kappa shape index (κ1) is 23.8. The predicted molar refractivity (Wildman–Crippen MR) is 141 cm³/mol. The van der Waals surface area contributed by atoms with E-state index >= 15 is 0 Å². The zero-order valence-electron chi connectivity index (χ0n) is 21.3. The maximum Gasteiger partial charge on any atom is 0.446 e. The third-order valence-electron chi connectivity index (χ3n) is 8.14. The molecule has 0 atom stereocenters. The van der Waals surface area contributed by atoms with Gasteiger partial charge in [-0.3, -0.25) is 0 Å². The van der Waals surface area contributed by atoms with Gasteiger partial charge in [-0.1, -0.05) is 69.7 Å². The SMILES string of the molecule is Cc1ccc(S(=O)(=O)CP2(=O)Oc3cccc4c3C3(CC4(C)C)CC(C)(C)c4cccc(c43)O2)cc1. The third kappa shape index (κ3) is 3.34. The summed E-state index contributed by atoms with van der Waals surface area (Å²) in [5.41, 5.74) is 3.96. The van der Waals surface area contributed by atoms with E-state index in [1.807, 2.05) is 31.2 Å². The lowest BCUT2D eigenvalue weighted by Crippen LogP contribution is -2.29. The minimum absolute atomic E-state index is 0.103. The van der Waals surface area contributed by atoms with Gasteiger partial charge in [0.05, 0.1) is 4.90 Å². The lowest BCUT2D eigenvalue weighted by Gasteiger charge is -2.35. The quantitative estimate of drug-likeness (QED) is 0.345. The Labute approximate surface area is 213 Å². The largest absolute Gasteiger partial charge is 0.446 e. The molecule has 1 spiro atoms. The van der Waals surface area contributed by atoms with Gasteiger partial charge in [0.25, 0.3) is 0 Å². The first-order valence-electron chi connectivity index (χ1n) is 12.3. The smallest absolute Gasteiger partial charge is 0.415 e. The van der Waals surface area contributed by atoms with E-state index < -0.39 is 22.9 Å². The van der Waals surface area contributed by atoms with Crippen molar-refractivity contribution in [2.24, 2.45) is 0 Å². The standard InChI is InChI=1S/C29H31O5PS/c1-19-12-14-20(15-13-19)36(31,32)18-35(30)33-23-10-6-8-21-25(23)29(16-27(21,2)3)17-28(4,5)22-9-7-11-24(34-35)26(22)29/h6-15H,16-18H2,1-5H3. The van der Waals surface area contributed by atoms with Crippen LogP contribution in [0.2, 0.25) is 0 Å². The summed E-state index contributed by atoms with van der Waals surface area (Å²) < 4.78 is 53.6. The van der Waals surface area contributed by atoms with Crippen molar-refractivity contribution < 1.29 is 22.0 Å². The molecular formula is C29H31O5PS. The Morgan fingerprint density at radius 1 is 0.778 bits per heavy atom. The summed E-state index contributed by atoms with van der Waals surface area (Å²) in [7, 11) is -8.11. The van der Waals surface area contributed by atoms with Crippen LogP contribution in [-0.4, -0.2) is 13.9 Å². The van der Waals surface area contributed by atoms with Gasteiger partial charge in [-0.2, -0.15) is 0 Å². The monoisotopic (exact) mass is 522 g/mol. The van der Waals surface area contributed by atoms with Crippen LogP contribution < -0.4 is 9.05 Å². The molecule has 3 aromatic rings. The Kier molecular flexibility index (Phi) is 4.81. The highest BCUT2D eigenvalue weighted by atomic mass is 32.2. The zero-order chi connectivity index (χ0) is 25.7. The second-order valence-corrected chi connectivity index (χ2v) is 16.2. The molecule has 0 saturated carbocycles. The van der Waals surface area contributed by atoms with Gasteiger partial charge in [-0.05, 0) is 66.0 Å². The highest BCUT2D eigenvalue weighted by Gasteiger charge is 2.60. The minimum Gasteiger partial charge on any atom is -0.415 e. The molecule has 0 saturated heterocycles. The average Bonchev–Trinajstić information content (AvgIpc) is 3.13. The Morgan fingerprint density at radius 2 is 1.25 bits per heavy atom. The van der Waals surface area contributed by atoms with Gasteiger partial charge in [-0.15, -0.1) is 0 Å². The lowest BCUT2D eigenvalue weighted by atomic mass is 9.72. The van der Waals surface area contributed by atoms with Crippen molar-refractivity contribution in [3.8, 4) is 11.5 Å². The number of sulfone groups is 1. The van der Waals surface area contributed by atoms with Crippen molar-refractivity contribution in [3.63, 3.8) is 0 Å². The fourth-order valence-corrected chi connectivity index (χ4v) is 11.1. The molecule has 188 valence electrons. The number of benzene rings is 3. The molecule has 3 aromatic carbocycles. The summed E-state index contributed by atoms with van der Waals surface area (Å²) in [5, 5.41) is 0. The van der Waals surface area contributed by atoms with Crippen LogP contribution in [0, 0.1) is 6.92 Å². The topological polar surface area (TPSA) is 69.7 Å². The first-order valence-corrected chi connectivity index (χ1v) is 15.7. The van der Waals surface area contributed by atoms with Crippen molar-refractivity contribution in [2.75, 3.05) is 5.49 Å². The van der Waals surface area contributed by atoms with Crippen molar-refractivity contribution in [1.82, 2.24) is 0 Å². The van der Waals surface area contributed by atoms with E-state index in [4.69, 9.17) is 9.05 Å². The maximum atomic E-state index is 14.4. The van der Waals surface area contributed by atoms with Gasteiger partial charge >= 0.3 is 7.60 Å². The highest BCUT2D eigenvalue weighted by Crippen LogP contribution is 2.69. The maximum absolute atomic E-state index is 14.4. The molecule has 0 radical (unpaired) electrons. The van der Waals surface area contributed by atoms with Crippen LogP contribution in [0.15, 0.2) is 65.6 Å². The van der Waals surface area contributed by atoms with E-state index in [1.54, 1.807) is 12.1 Å². The Bertz CT molecular complexity index is 1490. The molecule has 5 nitrogen and oxygen atoms in total. The van der Waals surface area contributed by atoms with Crippen molar-refractivity contribution in [2.45, 2.75) is 68.6 Å². The van der Waals surface area contributed by atoms with E-state index in [0.29, 0.717) is 11.5 Å². The molecule has 0 unspecified atom stereocenters. The van der Waals surface area contributed by atoms with Crippen LogP contribution in [0.1, 0.15) is 68.4 Å². The van der Waals surface area contributed by atoms with Gasteiger partial charge in [0, 0.05) is 16.5 Å². The van der Waals surface area contributed by atoms with Gasteiger partial charge in [0.1, 0.15) is 11.5 Å². The van der Waals surface area contributed by atoms with E-state index in [-0.39, 0.29) is 21.1 Å². The molecule has 6 rings (SSSR count). The molecule has 3 aliphatic rings. The van der Waals surface area contributed by atoms with Crippen LogP contribution >= 0.6 is 7.60 Å². The Balaban J connectivity index is 1.58. The molecule has 0 N–H and O–H groups in total. The average molecular weight is 523 g/mol. The summed E-state index contributed by atoms with van der Waals surface area (Å²) in [4.78, 5) is 0.103. The van der Waals surface area contributed by atoms with Crippen LogP contribution in [-0.2, 0) is 30.6 Å². The molecule has 7 heteroatoms. The molecular weight excluding hydrogens is 491 g/mol. The minimum atomic E-state index is -4.16. The highest BCUT2D eigenvalue weighted by molar-refractivity contribution is 7.97. The summed E-state index contributed by atoms with van der Waals surface area (Å²) in [6, 6.07) is 18.2. The fourth-order valence-electron chi connectivity index (χ4n) is 6.97. The Hall–Kier alpha value is -2.56. The number of aryl methyl sites for hydroxylation is 1. The number of hydrogen-bond acceptors (Lipinski definition) is 5. The summed E-state index contributed by atoms with van der Waals surface area (Å²) in [5.74, 6) is 0.942. The van der Waals surface area contributed by atoms with Crippen molar-refractivity contribution in [1.29, 1.82) is 0 Å². The Morgan fingerprint density at radius 3 is 1.72 bits per heavy atom. The van der Waals surface area contributed by atoms with Gasteiger partial charge in [0.15, 0.2) is 15.3 Å². The molecule has 36 heavy (non-hydrogen) atoms. The van der Waals surface area contributed by atoms with Crippen LogP contribution in [0.4, 0.5) is 0 Å². The number of rotatable bonds is 3. The van der Waals surface area contributed by atoms with Crippen molar-refractivity contribution in [3.05, 3.63) is 88.5 Å². The fraction of sp³-hybridized carbons (Fsp3) is 0.379. The van der Waals surface area contributed by atoms with E-state index in [0.717, 1.165) is 40.7 Å². The lowest BCUT2D eigenvalue weighted by molar-refractivity contribution is 0.328. The molecule has 0 fully saturated rings. The summed E-state index contributed by atoms with van der Waals surface area (Å²) in [6.07, 6.45) is 1.75. The molecule has 2 aliphatic carbocycles. The van der Waals surface area contributed by atoms with E-state index in [2.05, 4.69) is 39.8 Å². The normalized spacial score (nSPS) is 21.4. The van der Waals surface area contributed by atoms with Crippen molar-refractivity contribution >= 4 is 17.4 Å². The summed E-state index contributed by atoms with van der Waals surface area (Å²) in [6.45, 7) is 10.8. The molecule has 0 aromatic heterocycles. The van der Waals surface area contributed by atoms with E-state index in [9.17, 15) is 13.0 Å². The number of hydrogen-bond donors (Lipinski definition) is 0. The first-order chi connectivity index (χ1) is 16.8. The second kappa shape index (κ2) is 7.26. The molecule has 1 heterocycles. The second-order valence-electron chi connectivity index (χ2n) is 11.9. The van der Waals surface area contributed by atoms with Crippen LogP contribution in [0.3, 0.4) is 0 Å². The van der Waals surface area contributed by atoms with Crippen LogP contribution in [0.25, 0.3) is 0 Å². The molecule has 0 bridgehead atoms. The van der Waals surface area contributed by atoms with Gasteiger partial charge < -0.3 is 9.05 Å². The summed E-state index contributed by atoms with van der Waals surface area (Å²) >= 11 is 0. The zero-order valence-corrected chi connectivity index (χ0v) is 23.0. The third-order valence-corrected chi connectivity index (χ3v) is 12.7. The van der Waals surface area contributed by atoms with Gasteiger partial charge in [0.2, 0.25) is 0 Å². The predicted octanol–water partition coefficient (Wildman–Crippen LogP) is 7.04. The molecule has 1 aliphatic heterocycles. The van der Waals surface area contributed by atoms with Crippen LogP contribution in [0.5, 0.6) is 11.5 Å². The van der Waals surface area contributed by atoms with E-state index in [1.165, 1.54) is 12.1 Å².